The predicted molar refractivity (Wildman–Crippen MR) is 84.3 cm³/mol. The van der Waals surface area contributed by atoms with Crippen LogP contribution in [0.2, 0.25) is 0 Å². The first-order valence-corrected chi connectivity index (χ1v) is 6.70. The number of H-pyrrole nitrogens is 1. The maximum absolute atomic E-state index is 10.0. The number of nitrogens with zero attached hydrogens (tertiary/aromatic N) is 1. The number of benzene rings is 2. The molecule has 4 heteroatoms. The third kappa shape index (κ3) is 2.74. The summed E-state index contributed by atoms with van der Waals surface area (Å²) in [6.07, 6.45) is 1.70. The minimum Gasteiger partial charge on any atom is -0.497 e. The van der Waals surface area contributed by atoms with Crippen LogP contribution in [0, 0.1) is 0 Å². The van der Waals surface area contributed by atoms with E-state index in [0.717, 1.165) is 22.2 Å². The molecule has 0 spiro atoms. The van der Waals surface area contributed by atoms with Crippen molar-refractivity contribution >= 4 is 17.1 Å². The van der Waals surface area contributed by atoms with E-state index in [0.29, 0.717) is 12.1 Å². The maximum Gasteiger partial charge on any atom is 0.198 e. The molecule has 0 atom stereocenters. The van der Waals surface area contributed by atoms with Crippen molar-refractivity contribution in [2.75, 3.05) is 7.11 Å². The molecule has 2 aromatic carbocycles. The Kier molecular flexibility index (Phi) is 3.60. The molecular weight excluding hydrogens is 264 g/mol. The molecule has 1 heterocycles. The number of hydrogen-bond acceptors (Lipinski definition) is 3. The summed E-state index contributed by atoms with van der Waals surface area (Å²) < 4.78 is 5.22. The summed E-state index contributed by atoms with van der Waals surface area (Å²) in [6.45, 7) is 0.580. The normalized spacial score (nSPS) is 11.3. The molecule has 0 aliphatic heterocycles. The van der Waals surface area contributed by atoms with Crippen LogP contribution < -0.4 is 4.74 Å². The zero-order chi connectivity index (χ0) is 14.7. The first kappa shape index (κ1) is 13.2. The molecule has 0 bridgehead atoms. The van der Waals surface area contributed by atoms with Gasteiger partial charge in [-0.15, -0.1) is 0 Å². The Bertz CT molecular complexity index is 776. The molecule has 3 rings (SSSR count). The third-order valence-electron chi connectivity index (χ3n) is 3.36. The van der Waals surface area contributed by atoms with Gasteiger partial charge in [0.1, 0.15) is 5.75 Å². The average molecular weight is 280 g/mol. The molecule has 2 N–H and O–H groups in total. The molecule has 0 aliphatic carbocycles. The molecule has 0 radical (unpaired) electrons. The molecular formula is C17H16N2O2. The van der Waals surface area contributed by atoms with Crippen LogP contribution in [0.4, 0.5) is 0 Å². The highest BCUT2D eigenvalue weighted by Crippen LogP contribution is 2.28. The zero-order valence-electron chi connectivity index (χ0n) is 11.7. The standard InChI is InChI=1S/C17H16N2O2/c1-21-13-7-8-16-14(9-13)15(17(20)19-16)11-18-10-12-5-3-2-4-6-12/h2-9,11,19-20H,10H2,1H3. The van der Waals surface area contributed by atoms with Crippen molar-refractivity contribution in [2.45, 2.75) is 6.54 Å². The monoisotopic (exact) mass is 280 g/mol. The van der Waals surface area contributed by atoms with E-state index in [-0.39, 0.29) is 5.88 Å². The fourth-order valence-corrected chi connectivity index (χ4v) is 2.26. The van der Waals surface area contributed by atoms with Crippen LogP contribution in [0.15, 0.2) is 53.5 Å². The largest absolute Gasteiger partial charge is 0.497 e. The number of aromatic nitrogens is 1. The molecule has 0 unspecified atom stereocenters. The van der Waals surface area contributed by atoms with Gasteiger partial charge in [0, 0.05) is 17.1 Å². The maximum atomic E-state index is 10.0. The number of hydrogen-bond donors (Lipinski definition) is 2. The van der Waals surface area contributed by atoms with Gasteiger partial charge in [0.25, 0.3) is 0 Å². The number of ether oxygens (including phenoxy) is 1. The second-order valence-corrected chi connectivity index (χ2v) is 4.75. The average Bonchev–Trinajstić information content (AvgIpc) is 2.83. The molecule has 21 heavy (non-hydrogen) atoms. The van der Waals surface area contributed by atoms with E-state index in [2.05, 4.69) is 9.98 Å². The molecule has 0 amide bonds. The van der Waals surface area contributed by atoms with Gasteiger partial charge in [0.05, 0.1) is 19.2 Å². The number of fused-ring (bicyclic) bond motifs is 1. The summed E-state index contributed by atoms with van der Waals surface area (Å²) >= 11 is 0. The molecule has 0 fully saturated rings. The predicted octanol–water partition coefficient (Wildman–Crippen LogP) is 3.50. The van der Waals surface area contributed by atoms with E-state index in [1.165, 1.54) is 0 Å². The molecule has 0 saturated heterocycles. The van der Waals surface area contributed by atoms with Crippen molar-refractivity contribution in [3.63, 3.8) is 0 Å². The topological polar surface area (TPSA) is 57.6 Å². The van der Waals surface area contributed by atoms with Gasteiger partial charge in [-0.2, -0.15) is 0 Å². The smallest absolute Gasteiger partial charge is 0.198 e. The third-order valence-corrected chi connectivity index (χ3v) is 3.36. The first-order valence-electron chi connectivity index (χ1n) is 6.70. The van der Waals surface area contributed by atoms with E-state index < -0.39 is 0 Å². The summed E-state index contributed by atoms with van der Waals surface area (Å²) in [4.78, 5) is 7.34. The second-order valence-electron chi connectivity index (χ2n) is 4.75. The van der Waals surface area contributed by atoms with Gasteiger partial charge >= 0.3 is 0 Å². The summed E-state index contributed by atoms with van der Waals surface area (Å²) in [5.74, 6) is 0.870. The van der Waals surface area contributed by atoms with Gasteiger partial charge in [0.2, 0.25) is 0 Å². The van der Waals surface area contributed by atoms with Gasteiger partial charge in [-0.05, 0) is 23.8 Å². The van der Waals surface area contributed by atoms with Crippen molar-refractivity contribution < 1.29 is 9.84 Å². The van der Waals surface area contributed by atoms with Gasteiger partial charge in [-0.3, -0.25) is 4.99 Å². The Balaban J connectivity index is 1.90. The van der Waals surface area contributed by atoms with Gasteiger partial charge in [-0.25, -0.2) is 0 Å². The van der Waals surface area contributed by atoms with Gasteiger partial charge < -0.3 is 14.8 Å². The highest BCUT2D eigenvalue weighted by atomic mass is 16.5. The number of aromatic hydroxyl groups is 1. The Morgan fingerprint density at radius 1 is 1.19 bits per heavy atom. The highest BCUT2D eigenvalue weighted by molar-refractivity contribution is 6.02. The summed E-state index contributed by atoms with van der Waals surface area (Å²) in [5.41, 5.74) is 2.67. The van der Waals surface area contributed by atoms with Crippen LogP contribution in [0.1, 0.15) is 11.1 Å². The highest BCUT2D eigenvalue weighted by Gasteiger charge is 2.09. The van der Waals surface area contributed by atoms with Crippen molar-refractivity contribution in [3.05, 3.63) is 59.7 Å². The minimum absolute atomic E-state index is 0.120. The van der Waals surface area contributed by atoms with Crippen molar-refractivity contribution in [3.8, 4) is 11.6 Å². The molecule has 0 aliphatic rings. The number of methoxy groups -OCH3 is 1. The Labute approximate surface area is 122 Å². The zero-order valence-corrected chi connectivity index (χ0v) is 11.7. The Hall–Kier alpha value is -2.75. The van der Waals surface area contributed by atoms with E-state index in [1.54, 1.807) is 13.3 Å². The summed E-state index contributed by atoms with van der Waals surface area (Å²) in [5, 5.41) is 10.9. The van der Waals surface area contributed by atoms with E-state index in [4.69, 9.17) is 4.74 Å². The lowest BCUT2D eigenvalue weighted by Crippen LogP contribution is -1.85. The molecule has 4 nitrogen and oxygen atoms in total. The minimum atomic E-state index is 0.120. The van der Waals surface area contributed by atoms with Gasteiger partial charge in [-0.1, -0.05) is 30.3 Å². The number of aromatic amines is 1. The lowest BCUT2D eigenvalue weighted by molar-refractivity contribution is 0.415. The Morgan fingerprint density at radius 2 is 2.00 bits per heavy atom. The van der Waals surface area contributed by atoms with Crippen molar-refractivity contribution in [2.24, 2.45) is 4.99 Å². The van der Waals surface area contributed by atoms with Crippen LogP contribution in [0.5, 0.6) is 11.6 Å². The van der Waals surface area contributed by atoms with Crippen LogP contribution in [-0.4, -0.2) is 23.4 Å². The number of nitrogens with one attached hydrogen (secondary N) is 1. The molecule has 0 saturated carbocycles. The molecule has 3 aromatic rings. The van der Waals surface area contributed by atoms with Crippen LogP contribution in [-0.2, 0) is 6.54 Å². The lowest BCUT2D eigenvalue weighted by atomic mass is 10.1. The van der Waals surface area contributed by atoms with Crippen LogP contribution in [0.25, 0.3) is 10.9 Å². The van der Waals surface area contributed by atoms with Crippen molar-refractivity contribution in [1.29, 1.82) is 0 Å². The van der Waals surface area contributed by atoms with E-state index in [9.17, 15) is 5.11 Å². The fourth-order valence-electron chi connectivity index (χ4n) is 2.26. The van der Waals surface area contributed by atoms with Crippen LogP contribution in [0.3, 0.4) is 0 Å². The van der Waals surface area contributed by atoms with Gasteiger partial charge in [0.15, 0.2) is 5.88 Å². The summed E-state index contributed by atoms with van der Waals surface area (Å²) in [7, 11) is 1.62. The van der Waals surface area contributed by atoms with Crippen LogP contribution >= 0.6 is 0 Å². The molecule has 1 aromatic heterocycles. The number of rotatable bonds is 4. The van der Waals surface area contributed by atoms with Crippen molar-refractivity contribution in [1.82, 2.24) is 4.98 Å². The first-order chi connectivity index (χ1) is 10.3. The Morgan fingerprint density at radius 3 is 2.76 bits per heavy atom. The number of aliphatic imine (C=N–C) groups is 1. The van der Waals surface area contributed by atoms with E-state index >= 15 is 0 Å². The SMILES string of the molecule is COc1ccc2[nH]c(O)c(C=NCc3ccccc3)c2c1. The quantitative estimate of drug-likeness (QED) is 0.719. The van der Waals surface area contributed by atoms with E-state index in [1.807, 2.05) is 48.5 Å². The lowest BCUT2D eigenvalue weighted by Gasteiger charge is -1.99. The summed E-state index contributed by atoms with van der Waals surface area (Å²) in [6, 6.07) is 15.6. The molecule has 106 valence electrons. The second kappa shape index (κ2) is 5.71. The fraction of sp³-hybridized carbons (Fsp3) is 0.118.